The number of benzene rings is 9. The standard InChI is InChI=1S/C43H23N3O/c1-3-8-28-22-30(16-12-24(28)6-1)41-44-42(31-17-13-25-7-2-4-9-29(25)23-31)46-43(45-41)34-20-19-33-32-11-5-10-26-14-15-27-18-21-35-39(37(27)36(26)32)38(33)40(34)47-35/h1-23H. The van der Waals surface area contributed by atoms with Crippen LogP contribution >= 0.6 is 0 Å². The fraction of sp³-hybridized carbons (Fsp3) is 0. The van der Waals surface area contributed by atoms with Gasteiger partial charge in [0.1, 0.15) is 11.2 Å². The zero-order chi connectivity index (χ0) is 30.6. The summed E-state index contributed by atoms with van der Waals surface area (Å²) < 4.78 is 6.77. The van der Waals surface area contributed by atoms with Crippen molar-refractivity contribution >= 4 is 75.8 Å². The first-order valence-electron chi connectivity index (χ1n) is 15.9. The van der Waals surface area contributed by atoms with E-state index in [1.807, 2.05) is 0 Å². The van der Waals surface area contributed by atoms with Gasteiger partial charge in [0.25, 0.3) is 0 Å². The van der Waals surface area contributed by atoms with E-state index in [9.17, 15) is 0 Å². The van der Waals surface area contributed by atoms with Crippen LogP contribution in [0, 0.1) is 0 Å². The minimum Gasteiger partial charge on any atom is -0.455 e. The molecule has 0 radical (unpaired) electrons. The third-order valence-electron chi connectivity index (χ3n) is 9.79. The minimum absolute atomic E-state index is 0.588. The number of rotatable bonds is 3. The lowest BCUT2D eigenvalue weighted by Gasteiger charge is -2.13. The zero-order valence-corrected chi connectivity index (χ0v) is 25.0. The Kier molecular flexibility index (Phi) is 4.81. The van der Waals surface area contributed by atoms with Gasteiger partial charge in [0, 0.05) is 27.3 Å². The van der Waals surface area contributed by atoms with Gasteiger partial charge in [0.2, 0.25) is 0 Å². The summed E-state index contributed by atoms with van der Waals surface area (Å²) in [5.41, 5.74) is 4.41. The lowest BCUT2D eigenvalue weighted by molar-refractivity contribution is 0.670. The Balaban J connectivity index is 1.22. The number of fused-ring (bicyclic) bond motifs is 3. The van der Waals surface area contributed by atoms with E-state index in [1.165, 1.54) is 43.1 Å². The highest BCUT2D eigenvalue weighted by Crippen LogP contribution is 2.48. The van der Waals surface area contributed by atoms with Crippen molar-refractivity contribution in [3.63, 3.8) is 0 Å². The van der Waals surface area contributed by atoms with Crippen LogP contribution in [0.4, 0.5) is 0 Å². The van der Waals surface area contributed by atoms with Crippen molar-refractivity contribution in [2.45, 2.75) is 0 Å². The average Bonchev–Trinajstić information content (AvgIpc) is 3.54. The molecule has 11 rings (SSSR count). The van der Waals surface area contributed by atoms with E-state index in [1.54, 1.807) is 0 Å². The van der Waals surface area contributed by atoms with Crippen LogP contribution in [0.5, 0.6) is 0 Å². The molecule has 9 aromatic carbocycles. The minimum atomic E-state index is 0.588. The Morgan fingerprint density at radius 3 is 1.62 bits per heavy atom. The molecular formula is C43H23N3O. The van der Waals surface area contributed by atoms with E-state index in [-0.39, 0.29) is 0 Å². The van der Waals surface area contributed by atoms with E-state index < -0.39 is 0 Å². The lowest BCUT2D eigenvalue weighted by Crippen LogP contribution is -2.00. The molecule has 4 heteroatoms. The molecule has 0 fully saturated rings. The molecule has 2 heterocycles. The van der Waals surface area contributed by atoms with Crippen LogP contribution in [0.1, 0.15) is 0 Å². The first kappa shape index (κ1) is 24.9. The lowest BCUT2D eigenvalue weighted by atomic mass is 9.89. The molecule has 0 unspecified atom stereocenters. The number of nitrogens with zero attached hydrogens (tertiary/aromatic N) is 3. The van der Waals surface area contributed by atoms with Gasteiger partial charge in [-0.05, 0) is 72.7 Å². The van der Waals surface area contributed by atoms with Crippen molar-refractivity contribution in [3.05, 3.63) is 140 Å². The van der Waals surface area contributed by atoms with Crippen LogP contribution in [0.3, 0.4) is 0 Å². The van der Waals surface area contributed by atoms with Crippen LogP contribution < -0.4 is 0 Å². The highest BCUT2D eigenvalue weighted by molar-refractivity contribution is 6.39. The highest BCUT2D eigenvalue weighted by Gasteiger charge is 2.24. The second-order valence-electron chi connectivity index (χ2n) is 12.4. The molecule has 47 heavy (non-hydrogen) atoms. The van der Waals surface area contributed by atoms with Gasteiger partial charge < -0.3 is 4.42 Å². The first-order valence-corrected chi connectivity index (χ1v) is 15.9. The van der Waals surface area contributed by atoms with Gasteiger partial charge in [0.05, 0.1) is 5.56 Å². The quantitative estimate of drug-likeness (QED) is 0.150. The summed E-state index contributed by atoms with van der Waals surface area (Å²) in [7, 11) is 0. The molecule has 0 atom stereocenters. The summed E-state index contributed by atoms with van der Waals surface area (Å²) in [6, 6.07) is 49.1. The molecule has 0 spiro atoms. The van der Waals surface area contributed by atoms with Gasteiger partial charge in [-0.3, -0.25) is 0 Å². The largest absolute Gasteiger partial charge is 0.455 e. The van der Waals surface area contributed by atoms with Crippen LogP contribution in [-0.2, 0) is 0 Å². The monoisotopic (exact) mass is 597 g/mol. The van der Waals surface area contributed by atoms with Crippen molar-refractivity contribution in [3.8, 4) is 34.2 Å². The van der Waals surface area contributed by atoms with Crippen LogP contribution in [-0.4, -0.2) is 15.0 Å². The van der Waals surface area contributed by atoms with Gasteiger partial charge in [-0.1, -0.05) is 115 Å². The third kappa shape index (κ3) is 3.50. The molecular weight excluding hydrogens is 574 g/mol. The molecule has 2 aromatic heterocycles. The van der Waals surface area contributed by atoms with Crippen molar-refractivity contribution in [2.75, 3.05) is 0 Å². The summed E-state index contributed by atoms with van der Waals surface area (Å²) >= 11 is 0. The van der Waals surface area contributed by atoms with Crippen LogP contribution in [0.25, 0.3) is 110 Å². The molecule has 0 saturated heterocycles. The van der Waals surface area contributed by atoms with Gasteiger partial charge in [0.15, 0.2) is 17.5 Å². The molecule has 0 bridgehead atoms. The van der Waals surface area contributed by atoms with Gasteiger partial charge in [-0.25, -0.2) is 15.0 Å². The molecule has 0 N–H and O–H groups in total. The van der Waals surface area contributed by atoms with E-state index in [0.29, 0.717) is 17.5 Å². The summed E-state index contributed by atoms with van der Waals surface area (Å²) in [5.74, 6) is 1.84. The fourth-order valence-electron chi connectivity index (χ4n) is 7.59. The average molecular weight is 598 g/mol. The predicted molar refractivity (Wildman–Crippen MR) is 193 cm³/mol. The summed E-state index contributed by atoms with van der Waals surface area (Å²) in [4.78, 5) is 15.4. The summed E-state index contributed by atoms with van der Waals surface area (Å²) in [5, 5.41) is 14.3. The second kappa shape index (κ2) is 9.09. The Bertz CT molecular complexity index is 2930. The molecule has 11 aromatic rings. The Labute approximate surface area is 268 Å². The molecule has 0 aliphatic carbocycles. The van der Waals surface area contributed by atoms with Gasteiger partial charge in [-0.2, -0.15) is 0 Å². The smallest absolute Gasteiger partial charge is 0.167 e. The van der Waals surface area contributed by atoms with Crippen LogP contribution in [0.2, 0.25) is 0 Å². The van der Waals surface area contributed by atoms with E-state index >= 15 is 0 Å². The van der Waals surface area contributed by atoms with Crippen molar-refractivity contribution < 1.29 is 4.42 Å². The molecule has 0 aliphatic rings. The number of furan rings is 1. The van der Waals surface area contributed by atoms with Crippen molar-refractivity contribution in [1.29, 1.82) is 0 Å². The first-order chi connectivity index (χ1) is 23.3. The predicted octanol–water partition coefficient (Wildman–Crippen LogP) is 11.4. The maximum atomic E-state index is 6.77. The molecule has 0 saturated carbocycles. The topological polar surface area (TPSA) is 51.8 Å². The summed E-state index contributed by atoms with van der Waals surface area (Å²) in [6.07, 6.45) is 0. The maximum absolute atomic E-state index is 6.77. The molecule has 216 valence electrons. The molecule has 4 nitrogen and oxygen atoms in total. The SMILES string of the molecule is c1ccc2cc(-c3nc(-c4ccc5ccccc5c4)nc(-c4ccc5c6cccc7ccc8ccc9oc4c5c9c8c76)n3)ccc2c1. The van der Waals surface area contributed by atoms with E-state index in [2.05, 4.69) is 140 Å². The highest BCUT2D eigenvalue weighted by atomic mass is 16.3. The Morgan fingerprint density at radius 1 is 0.362 bits per heavy atom. The third-order valence-corrected chi connectivity index (χ3v) is 9.79. The normalized spacial score (nSPS) is 12.3. The van der Waals surface area contributed by atoms with Gasteiger partial charge in [-0.15, -0.1) is 0 Å². The van der Waals surface area contributed by atoms with Crippen molar-refractivity contribution in [1.82, 2.24) is 15.0 Å². The summed E-state index contributed by atoms with van der Waals surface area (Å²) in [6.45, 7) is 0. The Morgan fingerprint density at radius 2 is 0.915 bits per heavy atom. The van der Waals surface area contributed by atoms with E-state index in [4.69, 9.17) is 19.4 Å². The second-order valence-corrected chi connectivity index (χ2v) is 12.4. The number of aromatic nitrogens is 3. The number of hydrogen-bond donors (Lipinski definition) is 0. The molecule has 0 aliphatic heterocycles. The number of hydrogen-bond acceptors (Lipinski definition) is 4. The van der Waals surface area contributed by atoms with Crippen molar-refractivity contribution in [2.24, 2.45) is 0 Å². The fourth-order valence-corrected chi connectivity index (χ4v) is 7.59. The Hall–Kier alpha value is -6.39. The van der Waals surface area contributed by atoms with Crippen LogP contribution in [0.15, 0.2) is 144 Å². The molecule has 0 amide bonds. The van der Waals surface area contributed by atoms with E-state index in [0.717, 1.165) is 49.4 Å². The van der Waals surface area contributed by atoms with Gasteiger partial charge >= 0.3 is 0 Å². The zero-order valence-electron chi connectivity index (χ0n) is 25.0. The maximum Gasteiger partial charge on any atom is 0.167 e.